The van der Waals surface area contributed by atoms with Crippen LogP contribution in [-0.2, 0) is 16.8 Å². The Morgan fingerprint density at radius 2 is 1.74 bits per heavy atom. The van der Waals surface area contributed by atoms with Crippen LogP contribution in [0.5, 0.6) is 0 Å². The zero-order valence-corrected chi connectivity index (χ0v) is 13.6. The largest absolute Gasteiger partial charge is 0.341 e. The van der Waals surface area contributed by atoms with Crippen LogP contribution in [0.25, 0.3) is 0 Å². The van der Waals surface area contributed by atoms with Crippen molar-refractivity contribution in [2.24, 2.45) is 11.7 Å². The maximum atomic E-state index is 12.9. The molecule has 3 nitrogen and oxygen atoms in total. The van der Waals surface area contributed by atoms with Crippen LogP contribution in [-0.4, -0.2) is 23.9 Å². The molecule has 3 rings (SSSR count). The quantitative estimate of drug-likeness (QED) is 0.944. The minimum absolute atomic E-state index is 0.0271. The molecule has 120 valence electrons. The summed E-state index contributed by atoms with van der Waals surface area (Å²) in [6.07, 6.45) is 2.07. The van der Waals surface area contributed by atoms with Crippen molar-refractivity contribution in [3.05, 3.63) is 71.8 Å². The predicted molar refractivity (Wildman–Crippen MR) is 92.8 cm³/mol. The molecule has 0 spiro atoms. The van der Waals surface area contributed by atoms with Crippen molar-refractivity contribution in [2.75, 3.05) is 13.1 Å². The van der Waals surface area contributed by atoms with Gasteiger partial charge in [-0.25, -0.2) is 0 Å². The molecule has 1 fully saturated rings. The molecular formula is C20H24N2O. The van der Waals surface area contributed by atoms with Gasteiger partial charge in [-0.15, -0.1) is 0 Å². The van der Waals surface area contributed by atoms with Crippen LogP contribution in [0.4, 0.5) is 0 Å². The molecule has 1 heterocycles. The van der Waals surface area contributed by atoms with Gasteiger partial charge in [0.15, 0.2) is 0 Å². The second kappa shape index (κ2) is 6.55. The van der Waals surface area contributed by atoms with E-state index in [1.54, 1.807) is 0 Å². The number of hydrogen-bond acceptors (Lipinski definition) is 2. The van der Waals surface area contributed by atoms with E-state index in [1.807, 2.05) is 48.2 Å². The summed E-state index contributed by atoms with van der Waals surface area (Å²) in [5, 5.41) is 0. The van der Waals surface area contributed by atoms with Crippen molar-refractivity contribution in [3.8, 4) is 0 Å². The van der Waals surface area contributed by atoms with Gasteiger partial charge in [0.25, 0.3) is 0 Å². The molecule has 2 aromatic carbocycles. The lowest BCUT2D eigenvalue weighted by Gasteiger charge is -2.29. The Hall–Kier alpha value is -2.13. The standard InChI is InChI=1S/C20H24N2O/c1-20(21,18-10-6-3-7-11-18)19(23)22-13-12-17(15-22)14-16-8-4-2-5-9-16/h2-11,17H,12-15,21H2,1H3. The molecule has 1 saturated heterocycles. The predicted octanol–water partition coefficient (Wildman–Crippen LogP) is 2.95. The van der Waals surface area contributed by atoms with E-state index in [2.05, 4.69) is 24.3 Å². The molecule has 3 heteroatoms. The molecule has 2 atom stereocenters. The zero-order chi connectivity index (χ0) is 16.3. The summed E-state index contributed by atoms with van der Waals surface area (Å²) in [5.41, 5.74) is 7.62. The van der Waals surface area contributed by atoms with E-state index in [0.717, 1.165) is 31.5 Å². The first-order valence-electron chi connectivity index (χ1n) is 8.25. The number of nitrogens with two attached hydrogens (primary N) is 1. The van der Waals surface area contributed by atoms with Gasteiger partial charge in [0.2, 0.25) is 5.91 Å². The number of likely N-dealkylation sites (tertiary alicyclic amines) is 1. The van der Waals surface area contributed by atoms with E-state index in [-0.39, 0.29) is 5.91 Å². The molecule has 1 aliphatic heterocycles. The first-order valence-corrected chi connectivity index (χ1v) is 8.25. The molecule has 0 aliphatic carbocycles. The molecule has 0 radical (unpaired) electrons. The van der Waals surface area contributed by atoms with Crippen LogP contribution in [0.15, 0.2) is 60.7 Å². The van der Waals surface area contributed by atoms with E-state index >= 15 is 0 Å². The highest BCUT2D eigenvalue weighted by Crippen LogP contribution is 2.26. The summed E-state index contributed by atoms with van der Waals surface area (Å²) < 4.78 is 0. The van der Waals surface area contributed by atoms with Crippen molar-refractivity contribution in [1.29, 1.82) is 0 Å². The van der Waals surface area contributed by atoms with Crippen LogP contribution in [0, 0.1) is 5.92 Å². The summed E-state index contributed by atoms with van der Waals surface area (Å²) in [5.74, 6) is 0.548. The van der Waals surface area contributed by atoms with Crippen molar-refractivity contribution < 1.29 is 4.79 Å². The molecular weight excluding hydrogens is 284 g/mol. The Morgan fingerprint density at radius 3 is 2.39 bits per heavy atom. The maximum Gasteiger partial charge on any atom is 0.246 e. The third-order valence-electron chi connectivity index (χ3n) is 4.76. The van der Waals surface area contributed by atoms with Crippen LogP contribution < -0.4 is 5.73 Å². The number of hydrogen-bond donors (Lipinski definition) is 1. The van der Waals surface area contributed by atoms with Gasteiger partial charge >= 0.3 is 0 Å². The second-order valence-electron chi connectivity index (χ2n) is 6.66. The van der Waals surface area contributed by atoms with Crippen molar-refractivity contribution in [3.63, 3.8) is 0 Å². The highest BCUT2D eigenvalue weighted by atomic mass is 16.2. The number of carbonyl (C=O) groups is 1. The van der Waals surface area contributed by atoms with E-state index in [9.17, 15) is 4.79 Å². The summed E-state index contributed by atoms with van der Waals surface area (Å²) >= 11 is 0. The molecule has 0 saturated carbocycles. The normalized spacial score (nSPS) is 20.3. The molecule has 1 amide bonds. The second-order valence-corrected chi connectivity index (χ2v) is 6.66. The van der Waals surface area contributed by atoms with E-state index in [4.69, 9.17) is 5.73 Å². The Morgan fingerprint density at radius 1 is 1.13 bits per heavy atom. The Balaban J connectivity index is 1.65. The van der Waals surface area contributed by atoms with Gasteiger partial charge in [0, 0.05) is 13.1 Å². The van der Waals surface area contributed by atoms with E-state index in [1.165, 1.54) is 5.56 Å². The summed E-state index contributed by atoms with van der Waals surface area (Å²) in [6, 6.07) is 20.1. The Labute approximate surface area is 138 Å². The number of nitrogens with zero attached hydrogens (tertiary/aromatic N) is 1. The monoisotopic (exact) mass is 308 g/mol. The average molecular weight is 308 g/mol. The first-order chi connectivity index (χ1) is 11.1. The number of amides is 1. The van der Waals surface area contributed by atoms with Crippen LogP contribution in [0.1, 0.15) is 24.5 Å². The van der Waals surface area contributed by atoms with E-state index < -0.39 is 5.54 Å². The van der Waals surface area contributed by atoms with Gasteiger partial charge in [0.1, 0.15) is 5.54 Å². The lowest BCUT2D eigenvalue weighted by Crippen LogP contribution is -2.50. The van der Waals surface area contributed by atoms with Gasteiger partial charge in [-0.1, -0.05) is 60.7 Å². The minimum atomic E-state index is -0.955. The molecule has 2 N–H and O–H groups in total. The fraction of sp³-hybridized carbons (Fsp3) is 0.350. The molecule has 2 aromatic rings. The van der Waals surface area contributed by atoms with Gasteiger partial charge in [-0.05, 0) is 36.8 Å². The SMILES string of the molecule is CC(N)(C(=O)N1CCC(Cc2ccccc2)C1)c1ccccc1. The third kappa shape index (κ3) is 3.45. The van der Waals surface area contributed by atoms with Crippen molar-refractivity contribution >= 4 is 5.91 Å². The molecule has 2 unspecified atom stereocenters. The fourth-order valence-corrected chi connectivity index (χ4v) is 3.37. The zero-order valence-electron chi connectivity index (χ0n) is 13.6. The Bertz CT molecular complexity index is 652. The topological polar surface area (TPSA) is 46.3 Å². The lowest BCUT2D eigenvalue weighted by atomic mass is 9.91. The molecule has 0 bridgehead atoms. The average Bonchev–Trinajstić information content (AvgIpc) is 3.04. The third-order valence-corrected chi connectivity index (χ3v) is 4.76. The van der Waals surface area contributed by atoms with Gasteiger partial charge < -0.3 is 10.6 Å². The first kappa shape index (κ1) is 15.8. The smallest absolute Gasteiger partial charge is 0.246 e. The highest BCUT2D eigenvalue weighted by Gasteiger charge is 2.37. The van der Waals surface area contributed by atoms with Crippen molar-refractivity contribution in [2.45, 2.75) is 25.3 Å². The van der Waals surface area contributed by atoms with Crippen LogP contribution in [0.3, 0.4) is 0 Å². The highest BCUT2D eigenvalue weighted by molar-refractivity contribution is 5.87. The van der Waals surface area contributed by atoms with E-state index in [0.29, 0.717) is 5.92 Å². The lowest BCUT2D eigenvalue weighted by molar-refractivity contribution is -0.135. The fourth-order valence-electron chi connectivity index (χ4n) is 3.37. The van der Waals surface area contributed by atoms with Crippen LogP contribution >= 0.6 is 0 Å². The summed E-state index contributed by atoms with van der Waals surface area (Å²) in [4.78, 5) is 14.8. The Kier molecular flexibility index (Phi) is 4.49. The molecule has 23 heavy (non-hydrogen) atoms. The number of rotatable bonds is 4. The van der Waals surface area contributed by atoms with Gasteiger partial charge in [-0.2, -0.15) is 0 Å². The minimum Gasteiger partial charge on any atom is -0.341 e. The number of benzene rings is 2. The van der Waals surface area contributed by atoms with Gasteiger partial charge in [-0.3, -0.25) is 4.79 Å². The number of carbonyl (C=O) groups excluding carboxylic acids is 1. The summed E-state index contributed by atoms with van der Waals surface area (Å²) in [7, 11) is 0. The molecule has 0 aromatic heterocycles. The molecule has 1 aliphatic rings. The summed E-state index contributed by atoms with van der Waals surface area (Å²) in [6.45, 7) is 3.42. The van der Waals surface area contributed by atoms with Gasteiger partial charge in [0.05, 0.1) is 0 Å². The van der Waals surface area contributed by atoms with Crippen LogP contribution in [0.2, 0.25) is 0 Å². The van der Waals surface area contributed by atoms with Crippen molar-refractivity contribution in [1.82, 2.24) is 4.90 Å². The maximum absolute atomic E-state index is 12.9.